The first-order valence-corrected chi connectivity index (χ1v) is 9.93. The molecule has 1 aliphatic carbocycles. The zero-order valence-corrected chi connectivity index (χ0v) is 16.2. The first kappa shape index (κ1) is 19.2. The molecule has 27 heavy (non-hydrogen) atoms. The number of allylic oxidation sites excluding steroid dienone is 4. The molecule has 1 aliphatic rings. The lowest BCUT2D eigenvalue weighted by Crippen LogP contribution is -2.32. The van der Waals surface area contributed by atoms with E-state index in [0.29, 0.717) is 0 Å². The Hall–Kier alpha value is -2.56. The van der Waals surface area contributed by atoms with Crippen molar-refractivity contribution in [2.24, 2.45) is 7.05 Å². The molecule has 2 aromatic rings. The van der Waals surface area contributed by atoms with E-state index in [1.807, 2.05) is 18.2 Å². The lowest BCUT2D eigenvalue weighted by Gasteiger charge is -2.30. The van der Waals surface area contributed by atoms with Gasteiger partial charge in [0, 0.05) is 13.0 Å². The average molecular weight is 367 g/mol. The summed E-state index contributed by atoms with van der Waals surface area (Å²) >= 11 is 0. The highest BCUT2D eigenvalue weighted by Gasteiger charge is 2.30. The lowest BCUT2D eigenvalue weighted by atomic mass is 9.81. The highest BCUT2D eigenvalue weighted by atomic mass is 16.2. The summed E-state index contributed by atoms with van der Waals surface area (Å²) in [5.41, 5.74) is 1.68. The van der Waals surface area contributed by atoms with Crippen LogP contribution in [0.4, 0.5) is 0 Å². The fraction of sp³-hybridized carbons (Fsp3) is 0.455. The second-order valence-electron chi connectivity index (χ2n) is 7.30. The van der Waals surface area contributed by atoms with E-state index in [0.717, 1.165) is 23.0 Å². The van der Waals surface area contributed by atoms with Gasteiger partial charge in [-0.15, -0.1) is 0 Å². The fourth-order valence-corrected chi connectivity index (χ4v) is 3.86. The molecule has 0 spiro atoms. The predicted octanol–water partition coefficient (Wildman–Crippen LogP) is 4.06. The van der Waals surface area contributed by atoms with E-state index < -0.39 is 0 Å². The Morgan fingerprint density at radius 3 is 2.44 bits per heavy atom. The van der Waals surface area contributed by atoms with Crippen LogP contribution in [0.5, 0.6) is 0 Å². The van der Waals surface area contributed by atoms with Crippen molar-refractivity contribution in [2.75, 3.05) is 0 Å². The first-order chi connectivity index (χ1) is 13.1. The van der Waals surface area contributed by atoms with Crippen LogP contribution in [-0.2, 0) is 7.05 Å². The lowest BCUT2D eigenvalue weighted by molar-refractivity contribution is 0.434. The monoisotopic (exact) mass is 367 g/mol. The van der Waals surface area contributed by atoms with Crippen molar-refractivity contribution in [3.8, 4) is 0 Å². The Morgan fingerprint density at radius 2 is 1.78 bits per heavy atom. The second-order valence-corrected chi connectivity index (χ2v) is 7.30. The number of H-pyrrole nitrogens is 1. The third-order valence-electron chi connectivity index (χ3n) is 5.39. The number of aromatic nitrogens is 3. The molecule has 1 aromatic carbocycles. The molecule has 2 atom stereocenters. The molecular formula is C22H29N3O2. The fourth-order valence-electron chi connectivity index (χ4n) is 3.86. The molecule has 0 fully saturated rings. The maximum Gasteiger partial charge on any atom is 0.347 e. The largest absolute Gasteiger partial charge is 0.347 e. The molecule has 0 aliphatic heterocycles. The summed E-state index contributed by atoms with van der Waals surface area (Å²) in [4.78, 5) is 24.7. The molecule has 1 heterocycles. The van der Waals surface area contributed by atoms with E-state index in [-0.39, 0.29) is 23.3 Å². The molecule has 1 N–H and O–H groups in total. The van der Waals surface area contributed by atoms with Crippen LogP contribution in [0.1, 0.15) is 63.0 Å². The van der Waals surface area contributed by atoms with Gasteiger partial charge in [-0.1, -0.05) is 81.2 Å². The summed E-state index contributed by atoms with van der Waals surface area (Å²) in [5.74, 6) is 0.0255. The molecule has 0 bridgehead atoms. The summed E-state index contributed by atoms with van der Waals surface area (Å²) in [5, 5.41) is 2.76. The SMILES string of the molecule is CCCCCCCC1=CC=C[C@H](c2ccccc2)[C@H]1n1[nH]c(=O)n(C)c1=O. The molecule has 0 amide bonds. The highest BCUT2D eigenvalue weighted by molar-refractivity contribution is 5.35. The molecule has 3 rings (SSSR count). The predicted molar refractivity (Wildman–Crippen MR) is 109 cm³/mol. The van der Waals surface area contributed by atoms with Gasteiger partial charge in [0.2, 0.25) is 0 Å². The van der Waals surface area contributed by atoms with Gasteiger partial charge >= 0.3 is 11.4 Å². The van der Waals surface area contributed by atoms with Crippen molar-refractivity contribution >= 4 is 0 Å². The Morgan fingerprint density at radius 1 is 1.04 bits per heavy atom. The second kappa shape index (κ2) is 8.89. The van der Waals surface area contributed by atoms with Crippen molar-refractivity contribution in [3.63, 3.8) is 0 Å². The first-order valence-electron chi connectivity index (χ1n) is 9.93. The Labute approximate surface area is 160 Å². The van der Waals surface area contributed by atoms with Crippen LogP contribution in [0, 0.1) is 0 Å². The molecule has 5 heteroatoms. The Bertz CT molecular complexity index is 915. The summed E-state index contributed by atoms with van der Waals surface area (Å²) in [6.07, 6.45) is 13.3. The van der Waals surface area contributed by atoms with E-state index >= 15 is 0 Å². The molecule has 1 aromatic heterocycles. The van der Waals surface area contributed by atoms with Crippen molar-refractivity contribution in [3.05, 3.63) is 80.7 Å². The smallest absolute Gasteiger partial charge is 0.246 e. The highest BCUT2D eigenvalue weighted by Crippen LogP contribution is 2.39. The van der Waals surface area contributed by atoms with Crippen LogP contribution in [0.3, 0.4) is 0 Å². The minimum atomic E-state index is -0.372. The third kappa shape index (κ3) is 4.24. The van der Waals surface area contributed by atoms with E-state index in [1.54, 1.807) is 0 Å². The Kier molecular flexibility index (Phi) is 6.32. The van der Waals surface area contributed by atoms with Crippen molar-refractivity contribution < 1.29 is 0 Å². The van der Waals surface area contributed by atoms with Gasteiger partial charge in [-0.25, -0.2) is 23.9 Å². The normalized spacial score (nSPS) is 19.3. The van der Waals surface area contributed by atoms with Crippen LogP contribution in [0.15, 0.2) is 63.7 Å². The topological polar surface area (TPSA) is 59.8 Å². The molecule has 144 valence electrons. The molecule has 0 radical (unpaired) electrons. The van der Waals surface area contributed by atoms with Crippen LogP contribution < -0.4 is 11.4 Å². The quantitative estimate of drug-likeness (QED) is 0.715. The average Bonchev–Trinajstić information content (AvgIpc) is 2.95. The molecule has 0 unspecified atom stereocenters. The maximum absolute atomic E-state index is 12.7. The minimum Gasteiger partial charge on any atom is -0.246 e. The van der Waals surface area contributed by atoms with Gasteiger partial charge in [-0.05, 0) is 24.0 Å². The molecule has 5 nitrogen and oxygen atoms in total. The number of aromatic amines is 1. The number of rotatable bonds is 8. The molecule has 0 saturated carbocycles. The van der Waals surface area contributed by atoms with Crippen molar-refractivity contribution in [1.82, 2.24) is 14.3 Å². The summed E-state index contributed by atoms with van der Waals surface area (Å²) in [6, 6.07) is 9.99. The van der Waals surface area contributed by atoms with Crippen LogP contribution in [0.25, 0.3) is 0 Å². The number of benzene rings is 1. The van der Waals surface area contributed by atoms with E-state index in [1.165, 1.54) is 43.0 Å². The number of nitrogens with one attached hydrogen (secondary N) is 1. The van der Waals surface area contributed by atoms with Gasteiger partial charge in [0.25, 0.3) is 0 Å². The van der Waals surface area contributed by atoms with Gasteiger partial charge in [0.1, 0.15) is 0 Å². The van der Waals surface area contributed by atoms with E-state index in [4.69, 9.17) is 0 Å². The van der Waals surface area contributed by atoms with E-state index in [9.17, 15) is 9.59 Å². The molecule has 0 saturated heterocycles. The van der Waals surface area contributed by atoms with Crippen LogP contribution in [-0.4, -0.2) is 14.3 Å². The summed E-state index contributed by atoms with van der Waals surface area (Å²) < 4.78 is 2.65. The van der Waals surface area contributed by atoms with Crippen molar-refractivity contribution in [2.45, 2.75) is 57.4 Å². The number of hydrogen-bond acceptors (Lipinski definition) is 2. The van der Waals surface area contributed by atoms with Gasteiger partial charge in [0.15, 0.2) is 0 Å². The molecular weight excluding hydrogens is 338 g/mol. The maximum atomic E-state index is 12.7. The summed E-state index contributed by atoms with van der Waals surface area (Å²) in [7, 11) is 1.52. The minimum absolute atomic E-state index is 0.0255. The standard InChI is InChI=1S/C22H29N3O2/c1-3-4-5-6-8-14-18-15-11-16-19(17-12-9-7-10-13-17)20(18)25-22(27)24(2)21(26)23-25/h7,9-13,15-16,19-20H,3-6,8,14H2,1-2H3,(H,23,26)/t19-,20+/m1/s1. The van der Waals surface area contributed by atoms with Crippen LogP contribution in [0.2, 0.25) is 0 Å². The zero-order chi connectivity index (χ0) is 19.2. The van der Waals surface area contributed by atoms with Crippen molar-refractivity contribution in [1.29, 1.82) is 0 Å². The van der Waals surface area contributed by atoms with E-state index in [2.05, 4.69) is 42.4 Å². The van der Waals surface area contributed by atoms with Gasteiger partial charge in [0.05, 0.1) is 6.04 Å². The van der Waals surface area contributed by atoms with Gasteiger partial charge in [-0.3, -0.25) is 0 Å². The van der Waals surface area contributed by atoms with Crippen LogP contribution >= 0.6 is 0 Å². The number of hydrogen-bond donors (Lipinski definition) is 1. The Balaban J connectivity index is 1.92. The number of nitrogens with zero attached hydrogens (tertiary/aromatic N) is 2. The number of unbranched alkanes of at least 4 members (excludes halogenated alkanes) is 4. The van der Waals surface area contributed by atoms with Gasteiger partial charge in [-0.2, -0.15) is 0 Å². The third-order valence-corrected chi connectivity index (χ3v) is 5.39. The zero-order valence-electron chi connectivity index (χ0n) is 16.2. The summed E-state index contributed by atoms with van der Waals surface area (Å²) in [6.45, 7) is 2.22. The van der Waals surface area contributed by atoms with Gasteiger partial charge < -0.3 is 0 Å².